The van der Waals surface area contributed by atoms with Crippen LogP contribution in [0.2, 0.25) is 0 Å². The van der Waals surface area contributed by atoms with Crippen LogP contribution in [0.1, 0.15) is 55.4 Å². The lowest BCUT2D eigenvalue weighted by atomic mass is 9.66. The summed E-state index contributed by atoms with van der Waals surface area (Å²) in [5.41, 5.74) is 29.1. The number of anilines is 1. The van der Waals surface area contributed by atoms with Crippen molar-refractivity contribution in [3.63, 3.8) is 0 Å². The van der Waals surface area contributed by atoms with Gasteiger partial charge in [-0.15, -0.1) is 11.3 Å². The summed E-state index contributed by atoms with van der Waals surface area (Å²) in [7, 11) is 0. The number of hydrogen-bond donors (Lipinski definition) is 1. The van der Waals surface area contributed by atoms with E-state index in [1.165, 1.54) is 197 Å². The number of aromatic nitrogens is 1. The van der Waals surface area contributed by atoms with Crippen LogP contribution < -0.4 is 5.32 Å². The maximum Gasteiger partial charge on any atom is 0.124 e. The fraction of sp³-hybridized carbons (Fsp3) is 0.0268. The average molecular weight is 1510 g/mol. The fourth-order valence-corrected chi connectivity index (χ4v) is 22.1. The number of thiazole rings is 1. The molecule has 3 aliphatic rings. The van der Waals surface area contributed by atoms with Gasteiger partial charge in [0, 0.05) is 26.9 Å². The van der Waals surface area contributed by atoms with E-state index in [0.717, 1.165) is 16.1 Å². The Morgan fingerprint density at radius 1 is 0.267 bits per heavy atom. The highest BCUT2D eigenvalue weighted by Crippen LogP contribution is 2.61. The van der Waals surface area contributed by atoms with Gasteiger partial charge in [-0.05, 0) is 219 Å². The Hall–Kier alpha value is -14.0. The number of nitrogens with zero attached hydrogens (tertiary/aromatic N) is 1. The van der Waals surface area contributed by atoms with E-state index in [0.29, 0.717) is 0 Å². The van der Waals surface area contributed by atoms with Crippen LogP contribution in [-0.4, -0.2) is 4.98 Å². The van der Waals surface area contributed by atoms with Gasteiger partial charge in [-0.1, -0.05) is 388 Å². The summed E-state index contributed by atoms with van der Waals surface area (Å²) in [5, 5.41) is 20.3. The van der Waals surface area contributed by atoms with Gasteiger partial charge in [0.15, 0.2) is 0 Å². The number of rotatable bonds is 10. The van der Waals surface area contributed by atoms with Crippen molar-refractivity contribution in [1.29, 1.82) is 0 Å². The fourth-order valence-electron chi connectivity index (χ4n) is 19.6. The van der Waals surface area contributed by atoms with E-state index < -0.39 is 10.8 Å². The molecule has 0 radical (unpaired) electrons. The van der Waals surface area contributed by atoms with Gasteiger partial charge >= 0.3 is 0 Å². The van der Waals surface area contributed by atoms with Crippen molar-refractivity contribution in [2.24, 2.45) is 0 Å². The number of nitrogens with one attached hydrogen (secondary N) is 1. The van der Waals surface area contributed by atoms with Gasteiger partial charge in [-0.3, -0.25) is 0 Å². The monoisotopic (exact) mass is 1510 g/mol. The first-order valence-corrected chi connectivity index (χ1v) is 41.7. The van der Waals surface area contributed by atoms with Crippen LogP contribution in [0, 0.1) is 0 Å². The Balaban J connectivity index is 0.000000137. The molecule has 0 bridgehead atoms. The highest BCUT2D eigenvalue weighted by molar-refractivity contribution is 8.00. The van der Waals surface area contributed by atoms with Crippen molar-refractivity contribution in [1.82, 2.24) is 4.98 Å². The lowest BCUT2D eigenvalue weighted by Crippen LogP contribution is -2.28. The maximum atomic E-state index is 5.09. The minimum Gasteiger partial charge on any atom is -0.368 e. The Labute approximate surface area is 682 Å². The summed E-state index contributed by atoms with van der Waals surface area (Å²) >= 11 is 3.71. The SMILES string of the molecule is c1ccc(-c2nc3ccc4ccc5ccc(-c6cccc(-c7ccc8c(c7)C(c7ccccc7)(c7ccccc7)c7c-8ccc8ccccc78)c6)cc5c4c3s2)cc1.c1ccc(C2Nc3ccc4ccc5ccc(-c6cccc(-c7ccc8c(c7)C(c7ccccc7)(c7ccccc7)c7ccc9ccccc9c7-8)c6)cc5c4c3S2)cc1. The molecule has 4 heteroatoms. The normalized spacial score (nSPS) is 13.9. The maximum absolute atomic E-state index is 5.09. The summed E-state index contributed by atoms with van der Waals surface area (Å²) in [6, 6.07) is 157. The van der Waals surface area contributed by atoms with Gasteiger partial charge in [0.05, 0.1) is 21.0 Å². The standard InChI is InChI=1S/C56H35NS.C56H37NS/c1-4-14-39(15-5-1)55-57-51-32-29-38-25-23-37-24-26-42(34-49(37)52(38)54(51)58-55)40-16-12-17-41(33-40)43-28-30-47-48-31-27-36-13-10-11-22-46(36)53(48)56(50(47)35-43,44-18-6-2-7-19-44)45-20-8-3-9-21-45;1-4-14-39(15-5-1)55-57-51-32-29-38-25-23-37-24-26-42(34-48(37)52(38)54(51)58-55)40-16-12-17-41(33-40)43-27-30-47-50(35-43)56(44-18-6-2-7-19-44,45-20-8-3-9-21-45)49-31-28-36-13-10-11-22-46(36)53(47)49/h1-35H;1-35,55,57H. The largest absolute Gasteiger partial charge is 0.368 e. The molecule has 2 nitrogen and oxygen atoms in total. The van der Waals surface area contributed by atoms with Gasteiger partial charge in [0.1, 0.15) is 10.4 Å². The van der Waals surface area contributed by atoms with Crippen LogP contribution in [-0.2, 0) is 10.8 Å². The molecule has 21 aromatic rings. The van der Waals surface area contributed by atoms with E-state index in [2.05, 4.69) is 430 Å². The van der Waals surface area contributed by atoms with Gasteiger partial charge < -0.3 is 5.32 Å². The second-order valence-electron chi connectivity index (χ2n) is 31.1. The van der Waals surface area contributed by atoms with Gasteiger partial charge in [-0.25, -0.2) is 4.98 Å². The zero-order chi connectivity index (χ0) is 76.4. The van der Waals surface area contributed by atoms with Crippen LogP contribution in [0.15, 0.2) is 430 Å². The van der Waals surface area contributed by atoms with Crippen LogP contribution in [0.25, 0.3) is 152 Å². The third-order valence-corrected chi connectivity index (χ3v) is 27.3. The molecule has 1 N–H and O–H groups in total. The molecule has 24 rings (SSSR count). The van der Waals surface area contributed by atoms with Crippen LogP contribution in [0.5, 0.6) is 0 Å². The second kappa shape index (κ2) is 27.4. The molecule has 20 aromatic carbocycles. The molecular formula is C112H72N2S2. The Bertz CT molecular complexity index is 7430. The summed E-state index contributed by atoms with van der Waals surface area (Å²) in [5.74, 6) is 0. The summed E-state index contributed by atoms with van der Waals surface area (Å²) in [4.78, 5) is 6.41. The van der Waals surface area contributed by atoms with Crippen molar-refractivity contribution in [3.8, 4) is 77.3 Å². The molecule has 2 heterocycles. The lowest BCUT2D eigenvalue weighted by Gasteiger charge is -2.35. The second-order valence-corrected chi connectivity index (χ2v) is 33.2. The topological polar surface area (TPSA) is 24.9 Å². The first kappa shape index (κ1) is 67.7. The van der Waals surface area contributed by atoms with Crippen molar-refractivity contribution in [3.05, 3.63) is 475 Å². The molecule has 1 atom stereocenters. The first-order chi connectivity index (χ1) is 57.5. The van der Waals surface area contributed by atoms with E-state index in [1.54, 1.807) is 11.3 Å². The molecule has 0 amide bonds. The molecule has 1 unspecified atom stereocenters. The predicted octanol–water partition coefficient (Wildman–Crippen LogP) is 30.2. The highest BCUT2D eigenvalue weighted by Gasteiger charge is 2.49. The quantitative estimate of drug-likeness (QED) is 0.138. The van der Waals surface area contributed by atoms with E-state index in [4.69, 9.17) is 4.98 Å². The van der Waals surface area contributed by atoms with Crippen LogP contribution in [0.4, 0.5) is 5.69 Å². The van der Waals surface area contributed by atoms with Crippen molar-refractivity contribution < 1.29 is 0 Å². The minimum absolute atomic E-state index is 0.193. The molecule has 542 valence electrons. The molecule has 1 aliphatic heterocycles. The molecule has 1 aromatic heterocycles. The Morgan fingerprint density at radius 2 is 0.672 bits per heavy atom. The number of thioether (sulfide) groups is 1. The smallest absolute Gasteiger partial charge is 0.124 e. The zero-order valence-electron chi connectivity index (χ0n) is 63.3. The molecule has 2 aliphatic carbocycles. The molecule has 0 spiro atoms. The van der Waals surface area contributed by atoms with E-state index >= 15 is 0 Å². The molecule has 0 saturated carbocycles. The molecule has 0 saturated heterocycles. The summed E-state index contributed by atoms with van der Waals surface area (Å²) in [6.07, 6.45) is 0. The molecule has 116 heavy (non-hydrogen) atoms. The van der Waals surface area contributed by atoms with Crippen molar-refractivity contribution in [2.75, 3.05) is 5.32 Å². The third kappa shape index (κ3) is 10.7. The third-order valence-electron chi connectivity index (χ3n) is 24.9. The van der Waals surface area contributed by atoms with E-state index in [1.807, 2.05) is 11.8 Å². The summed E-state index contributed by atoms with van der Waals surface area (Å²) in [6.45, 7) is 0. The van der Waals surface area contributed by atoms with E-state index in [9.17, 15) is 0 Å². The number of benzene rings is 20. The predicted molar refractivity (Wildman–Crippen MR) is 492 cm³/mol. The van der Waals surface area contributed by atoms with Crippen LogP contribution >= 0.6 is 23.1 Å². The molecule has 0 fully saturated rings. The van der Waals surface area contributed by atoms with Gasteiger partial charge in [0.2, 0.25) is 0 Å². The number of hydrogen-bond acceptors (Lipinski definition) is 4. The van der Waals surface area contributed by atoms with E-state index in [-0.39, 0.29) is 5.37 Å². The van der Waals surface area contributed by atoms with Crippen LogP contribution in [0.3, 0.4) is 0 Å². The minimum atomic E-state index is -0.497. The lowest BCUT2D eigenvalue weighted by molar-refractivity contribution is 0.769. The van der Waals surface area contributed by atoms with Crippen molar-refractivity contribution >= 4 is 104 Å². The molecular weight excluding hydrogens is 1440 g/mol. The Morgan fingerprint density at radius 3 is 1.28 bits per heavy atom. The summed E-state index contributed by atoms with van der Waals surface area (Å²) < 4.78 is 1.24. The van der Waals surface area contributed by atoms with Crippen molar-refractivity contribution in [2.45, 2.75) is 21.1 Å². The first-order valence-electron chi connectivity index (χ1n) is 40.1. The van der Waals surface area contributed by atoms with Gasteiger partial charge in [-0.2, -0.15) is 0 Å². The van der Waals surface area contributed by atoms with Gasteiger partial charge in [0.25, 0.3) is 0 Å². The highest BCUT2D eigenvalue weighted by atomic mass is 32.2. The average Bonchev–Trinajstić information content (AvgIpc) is 1.53. The zero-order valence-corrected chi connectivity index (χ0v) is 64.9. The Kier molecular flexibility index (Phi) is 16.0. The number of fused-ring (bicyclic) bond motifs is 20.